The lowest BCUT2D eigenvalue weighted by atomic mass is 10.1. The van der Waals surface area contributed by atoms with Crippen LogP contribution in [0.3, 0.4) is 0 Å². The second-order valence-corrected chi connectivity index (χ2v) is 6.31. The summed E-state index contributed by atoms with van der Waals surface area (Å²) in [4.78, 5) is 23.3. The van der Waals surface area contributed by atoms with Crippen LogP contribution in [0.15, 0.2) is 36.7 Å². The number of carboxylic acids is 1. The minimum atomic E-state index is -4.45. The number of halogens is 3. The number of alkyl halides is 3. The van der Waals surface area contributed by atoms with E-state index in [2.05, 4.69) is 15.2 Å². The molecule has 0 bridgehead atoms. The SMILES string of the molecule is CC(C)(C(=O)O)n1cc(NC(=O)Cc2cccc(OCC(F)(F)F)c2)cn1. The van der Waals surface area contributed by atoms with E-state index in [0.29, 0.717) is 11.3 Å². The van der Waals surface area contributed by atoms with E-state index in [9.17, 15) is 27.9 Å². The highest BCUT2D eigenvalue weighted by Crippen LogP contribution is 2.20. The van der Waals surface area contributed by atoms with Crippen molar-refractivity contribution in [1.29, 1.82) is 0 Å². The molecule has 10 heteroatoms. The number of benzene rings is 1. The van der Waals surface area contributed by atoms with Crippen LogP contribution in [0.5, 0.6) is 5.75 Å². The summed E-state index contributed by atoms with van der Waals surface area (Å²) in [6, 6.07) is 5.78. The molecule has 0 aliphatic rings. The lowest BCUT2D eigenvalue weighted by molar-refractivity contribution is -0.153. The average molecular weight is 385 g/mol. The van der Waals surface area contributed by atoms with Gasteiger partial charge in [0.15, 0.2) is 12.1 Å². The molecule has 0 saturated heterocycles. The third-order valence-corrected chi connectivity index (χ3v) is 3.63. The van der Waals surface area contributed by atoms with E-state index in [-0.39, 0.29) is 12.2 Å². The number of carbonyl (C=O) groups is 2. The minimum Gasteiger partial charge on any atom is -0.484 e. The van der Waals surface area contributed by atoms with E-state index < -0.39 is 30.2 Å². The van der Waals surface area contributed by atoms with Crippen LogP contribution in [-0.4, -0.2) is 39.5 Å². The Morgan fingerprint density at radius 2 is 2.00 bits per heavy atom. The van der Waals surface area contributed by atoms with Gasteiger partial charge in [-0.15, -0.1) is 0 Å². The Morgan fingerprint density at radius 1 is 1.30 bits per heavy atom. The molecule has 146 valence electrons. The molecule has 0 saturated carbocycles. The third-order valence-electron chi connectivity index (χ3n) is 3.63. The molecular weight excluding hydrogens is 367 g/mol. The number of aliphatic carboxylic acids is 1. The normalized spacial score (nSPS) is 11.9. The zero-order chi connectivity index (χ0) is 20.2. The summed E-state index contributed by atoms with van der Waals surface area (Å²) in [5, 5.41) is 15.7. The van der Waals surface area contributed by atoms with Crippen LogP contribution in [0.25, 0.3) is 0 Å². The molecule has 0 unspecified atom stereocenters. The van der Waals surface area contributed by atoms with E-state index in [1.165, 1.54) is 49.1 Å². The number of nitrogens with zero attached hydrogens (tertiary/aromatic N) is 2. The molecule has 2 N–H and O–H groups in total. The molecule has 1 aromatic carbocycles. The summed E-state index contributed by atoms with van der Waals surface area (Å²) in [5.41, 5.74) is -0.517. The van der Waals surface area contributed by atoms with Gasteiger partial charge in [0, 0.05) is 6.20 Å². The lowest BCUT2D eigenvalue weighted by Crippen LogP contribution is -2.35. The van der Waals surface area contributed by atoms with Crippen LogP contribution >= 0.6 is 0 Å². The van der Waals surface area contributed by atoms with Crippen LogP contribution in [0, 0.1) is 0 Å². The first-order valence-electron chi connectivity index (χ1n) is 7.84. The number of amides is 1. The smallest absolute Gasteiger partial charge is 0.422 e. The lowest BCUT2D eigenvalue weighted by Gasteiger charge is -2.19. The maximum Gasteiger partial charge on any atom is 0.422 e. The van der Waals surface area contributed by atoms with Gasteiger partial charge >= 0.3 is 12.1 Å². The average Bonchev–Trinajstić information content (AvgIpc) is 3.01. The van der Waals surface area contributed by atoms with E-state index in [4.69, 9.17) is 0 Å². The van der Waals surface area contributed by atoms with Crippen molar-refractivity contribution < 1.29 is 32.6 Å². The van der Waals surface area contributed by atoms with Gasteiger partial charge in [0.2, 0.25) is 5.91 Å². The van der Waals surface area contributed by atoms with E-state index in [0.717, 1.165) is 0 Å². The van der Waals surface area contributed by atoms with Crippen LogP contribution in [0.2, 0.25) is 0 Å². The first-order chi connectivity index (χ1) is 12.5. The monoisotopic (exact) mass is 385 g/mol. The second kappa shape index (κ2) is 7.68. The zero-order valence-electron chi connectivity index (χ0n) is 14.6. The molecule has 0 atom stereocenters. The van der Waals surface area contributed by atoms with Crippen molar-refractivity contribution in [3.05, 3.63) is 42.2 Å². The van der Waals surface area contributed by atoms with Gasteiger partial charge in [0.05, 0.1) is 18.3 Å². The zero-order valence-corrected chi connectivity index (χ0v) is 14.6. The number of carboxylic acid groups (broad SMARTS) is 1. The van der Waals surface area contributed by atoms with E-state index in [1.807, 2.05) is 0 Å². The van der Waals surface area contributed by atoms with Crippen LogP contribution in [0.1, 0.15) is 19.4 Å². The number of aromatic nitrogens is 2. The largest absolute Gasteiger partial charge is 0.484 e. The number of hydrogen-bond donors (Lipinski definition) is 2. The Morgan fingerprint density at radius 3 is 2.63 bits per heavy atom. The Kier molecular flexibility index (Phi) is 5.77. The minimum absolute atomic E-state index is 0.00801. The molecule has 0 spiro atoms. The van der Waals surface area contributed by atoms with Crippen molar-refractivity contribution in [2.24, 2.45) is 0 Å². The van der Waals surface area contributed by atoms with Crippen molar-refractivity contribution in [3.63, 3.8) is 0 Å². The third kappa shape index (κ3) is 5.73. The summed E-state index contributed by atoms with van der Waals surface area (Å²) < 4.78 is 42.4. The predicted octanol–water partition coefficient (Wildman–Crippen LogP) is 2.83. The summed E-state index contributed by atoms with van der Waals surface area (Å²) >= 11 is 0. The Labute approximate surface area is 152 Å². The summed E-state index contributed by atoms with van der Waals surface area (Å²) in [5.74, 6) is -1.51. The quantitative estimate of drug-likeness (QED) is 0.765. The second-order valence-electron chi connectivity index (χ2n) is 6.31. The highest BCUT2D eigenvalue weighted by molar-refractivity contribution is 5.92. The number of nitrogens with one attached hydrogen (secondary N) is 1. The van der Waals surface area contributed by atoms with E-state index >= 15 is 0 Å². The first kappa shape index (κ1) is 20.3. The number of hydrogen-bond acceptors (Lipinski definition) is 4. The molecule has 2 rings (SSSR count). The fourth-order valence-electron chi connectivity index (χ4n) is 2.09. The highest BCUT2D eigenvalue weighted by atomic mass is 19.4. The van der Waals surface area contributed by atoms with Crippen molar-refractivity contribution in [1.82, 2.24) is 9.78 Å². The fourth-order valence-corrected chi connectivity index (χ4v) is 2.09. The molecule has 0 fully saturated rings. The molecule has 0 aliphatic heterocycles. The maximum atomic E-state index is 12.2. The van der Waals surface area contributed by atoms with Crippen LogP contribution < -0.4 is 10.1 Å². The molecule has 0 aliphatic carbocycles. The van der Waals surface area contributed by atoms with Crippen LogP contribution in [-0.2, 0) is 21.5 Å². The summed E-state index contributed by atoms with van der Waals surface area (Å²) in [7, 11) is 0. The van der Waals surface area contributed by atoms with Crippen molar-refractivity contribution >= 4 is 17.6 Å². The predicted molar refractivity (Wildman–Crippen MR) is 89.5 cm³/mol. The Balaban J connectivity index is 1.98. The van der Waals surface area contributed by atoms with Gasteiger partial charge in [-0.1, -0.05) is 12.1 Å². The van der Waals surface area contributed by atoms with E-state index in [1.54, 1.807) is 6.07 Å². The summed E-state index contributed by atoms with van der Waals surface area (Å²) in [6.45, 7) is 1.50. The van der Waals surface area contributed by atoms with Crippen molar-refractivity contribution in [3.8, 4) is 5.75 Å². The number of ether oxygens (including phenoxy) is 1. The number of anilines is 1. The topological polar surface area (TPSA) is 93.5 Å². The van der Waals surface area contributed by atoms with Gasteiger partial charge in [0.1, 0.15) is 5.75 Å². The van der Waals surface area contributed by atoms with Gasteiger partial charge in [-0.3, -0.25) is 9.48 Å². The molecule has 1 heterocycles. The molecule has 0 radical (unpaired) electrons. The van der Waals surface area contributed by atoms with Crippen LogP contribution in [0.4, 0.5) is 18.9 Å². The molecular formula is C17H18F3N3O4. The molecule has 1 amide bonds. The number of carbonyl (C=O) groups excluding carboxylic acids is 1. The van der Waals surface area contributed by atoms with Crippen molar-refractivity contribution in [2.45, 2.75) is 32.0 Å². The fraction of sp³-hybridized carbons (Fsp3) is 0.353. The van der Waals surface area contributed by atoms with Gasteiger partial charge < -0.3 is 15.2 Å². The number of rotatable bonds is 7. The Bertz CT molecular complexity index is 831. The van der Waals surface area contributed by atoms with Gasteiger partial charge in [-0.2, -0.15) is 18.3 Å². The highest BCUT2D eigenvalue weighted by Gasteiger charge is 2.30. The molecule has 27 heavy (non-hydrogen) atoms. The standard InChI is InChI=1S/C17H18F3N3O4/c1-16(2,15(25)26)23-9-12(8-21-23)22-14(24)7-11-4-3-5-13(6-11)27-10-17(18,19)20/h3-6,8-9H,7,10H2,1-2H3,(H,22,24)(H,25,26). The van der Waals surface area contributed by atoms with Gasteiger partial charge in [-0.05, 0) is 31.5 Å². The Hall–Kier alpha value is -3.04. The molecule has 1 aromatic heterocycles. The van der Waals surface area contributed by atoms with Crippen molar-refractivity contribution in [2.75, 3.05) is 11.9 Å². The maximum absolute atomic E-state index is 12.2. The first-order valence-corrected chi connectivity index (χ1v) is 7.84. The summed E-state index contributed by atoms with van der Waals surface area (Å²) in [6.07, 6.45) is -1.85. The van der Waals surface area contributed by atoms with Gasteiger partial charge in [-0.25, -0.2) is 4.79 Å². The molecule has 7 nitrogen and oxygen atoms in total. The molecule has 2 aromatic rings. The van der Waals surface area contributed by atoms with Gasteiger partial charge in [0.25, 0.3) is 0 Å².